The third kappa shape index (κ3) is 4.92. The largest absolute Gasteiger partial charge is 0.463 e. The lowest BCUT2D eigenvalue weighted by Gasteiger charge is -2.41. The average Bonchev–Trinajstić information content (AvgIpc) is 2.84. The van der Waals surface area contributed by atoms with E-state index in [9.17, 15) is 13.2 Å². The number of esters is 1. The third-order valence-electron chi connectivity index (χ3n) is 6.27. The summed E-state index contributed by atoms with van der Waals surface area (Å²) in [6.07, 6.45) is 2.08. The molecule has 0 aliphatic carbocycles. The lowest BCUT2D eigenvalue weighted by atomic mass is 9.87. The minimum Gasteiger partial charge on any atom is -0.463 e. The van der Waals surface area contributed by atoms with Crippen molar-refractivity contribution < 1.29 is 17.9 Å². The first-order chi connectivity index (χ1) is 16.8. The first-order valence-corrected chi connectivity index (χ1v) is 13.3. The Hall–Kier alpha value is -2.93. The van der Waals surface area contributed by atoms with Crippen LogP contribution in [0.25, 0.3) is 0 Å². The van der Waals surface area contributed by atoms with Gasteiger partial charge in [0.15, 0.2) is 0 Å². The Morgan fingerprint density at radius 2 is 1.60 bits per heavy atom. The maximum atomic E-state index is 14.3. The van der Waals surface area contributed by atoms with E-state index in [1.165, 1.54) is 4.31 Å². The fourth-order valence-corrected chi connectivity index (χ4v) is 6.55. The number of aryl methyl sites for hydroxylation is 2. The molecular weight excluding hydrogens is 482 g/mol. The highest BCUT2D eigenvalue weighted by Crippen LogP contribution is 2.47. The first-order valence-electron chi connectivity index (χ1n) is 11.5. The molecule has 0 unspecified atom stereocenters. The third-order valence-corrected chi connectivity index (χ3v) is 8.50. The second kappa shape index (κ2) is 10.4. The number of hydrogen-bond donors (Lipinski definition) is 0. The van der Waals surface area contributed by atoms with Crippen molar-refractivity contribution in [3.63, 3.8) is 0 Å². The van der Waals surface area contributed by atoms with Crippen LogP contribution in [0.3, 0.4) is 0 Å². The van der Waals surface area contributed by atoms with Crippen LogP contribution in [0.4, 0.5) is 0 Å². The molecule has 0 radical (unpaired) electrons. The number of rotatable bonds is 6. The SMILES string of the molecule is CCOC(=O)C1=CC[C@@H](c2ccccc2Cl)N(S(=O)(=O)c2ccc(C)cc2)[C@H]1c1ccccc1C. The van der Waals surface area contributed by atoms with Crippen LogP contribution < -0.4 is 0 Å². The minimum absolute atomic E-state index is 0.156. The number of ether oxygens (including phenoxy) is 1. The topological polar surface area (TPSA) is 63.7 Å². The van der Waals surface area contributed by atoms with E-state index in [0.717, 1.165) is 16.7 Å². The van der Waals surface area contributed by atoms with Crippen molar-refractivity contribution in [3.05, 3.63) is 112 Å². The maximum Gasteiger partial charge on any atom is 0.335 e. The molecule has 1 aliphatic heterocycles. The molecule has 0 fully saturated rings. The van der Waals surface area contributed by atoms with E-state index in [1.807, 2.05) is 56.3 Å². The number of sulfonamides is 1. The van der Waals surface area contributed by atoms with Gasteiger partial charge in [0.2, 0.25) is 10.0 Å². The standard InChI is InChI=1S/C28H28ClNO4S/c1-4-34-28(31)24-17-18-26(23-11-7-8-12-25(23)29)30(27(24)22-10-6-5-9-20(22)3)35(32,33)21-15-13-19(2)14-16-21/h5-17,26-27H,4,18H2,1-3H3/t26-,27-/m0/s1. The second-order valence-corrected chi connectivity index (χ2v) is 10.8. The fourth-order valence-electron chi connectivity index (χ4n) is 4.53. The molecule has 0 aromatic heterocycles. The predicted octanol–water partition coefficient (Wildman–Crippen LogP) is 6.32. The summed E-state index contributed by atoms with van der Waals surface area (Å²) in [6.45, 7) is 5.74. The van der Waals surface area contributed by atoms with E-state index in [2.05, 4.69) is 0 Å². The summed E-state index contributed by atoms with van der Waals surface area (Å²) in [4.78, 5) is 13.3. The molecule has 0 spiro atoms. The van der Waals surface area contributed by atoms with Gasteiger partial charge in [0.05, 0.1) is 29.2 Å². The molecule has 3 aromatic rings. The summed E-state index contributed by atoms with van der Waals surface area (Å²) < 4.78 is 35.4. The molecule has 2 atom stereocenters. The van der Waals surface area contributed by atoms with Crippen LogP contribution in [0, 0.1) is 13.8 Å². The Morgan fingerprint density at radius 1 is 0.971 bits per heavy atom. The van der Waals surface area contributed by atoms with Crippen LogP contribution >= 0.6 is 11.6 Å². The molecule has 1 aliphatic rings. The van der Waals surface area contributed by atoms with Crippen molar-refractivity contribution >= 4 is 27.6 Å². The zero-order valence-corrected chi connectivity index (χ0v) is 21.5. The average molecular weight is 510 g/mol. The summed E-state index contributed by atoms with van der Waals surface area (Å²) in [5.41, 5.74) is 3.53. The Bertz CT molecular complexity index is 1370. The number of hydrogen-bond acceptors (Lipinski definition) is 4. The highest BCUT2D eigenvalue weighted by Gasteiger charge is 2.45. The summed E-state index contributed by atoms with van der Waals surface area (Å²) in [5, 5.41) is 0.470. The quantitative estimate of drug-likeness (QED) is 0.364. The van der Waals surface area contributed by atoms with Crippen molar-refractivity contribution in [3.8, 4) is 0 Å². The molecule has 0 saturated heterocycles. The number of carbonyl (C=O) groups excluding carboxylic acids is 1. The number of nitrogens with zero attached hydrogens (tertiary/aromatic N) is 1. The lowest BCUT2D eigenvalue weighted by Crippen LogP contribution is -2.43. The van der Waals surface area contributed by atoms with E-state index < -0.39 is 28.1 Å². The molecule has 5 nitrogen and oxygen atoms in total. The number of carbonyl (C=O) groups is 1. The molecule has 1 heterocycles. The molecule has 35 heavy (non-hydrogen) atoms. The van der Waals surface area contributed by atoms with E-state index in [1.54, 1.807) is 43.3 Å². The number of halogens is 1. The predicted molar refractivity (Wildman–Crippen MR) is 138 cm³/mol. The Morgan fingerprint density at radius 3 is 2.23 bits per heavy atom. The Balaban J connectivity index is 2.01. The van der Waals surface area contributed by atoms with Crippen molar-refractivity contribution in [2.75, 3.05) is 6.61 Å². The van der Waals surface area contributed by atoms with Crippen LogP contribution in [-0.4, -0.2) is 25.3 Å². The monoisotopic (exact) mass is 509 g/mol. The van der Waals surface area contributed by atoms with E-state index >= 15 is 0 Å². The first kappa shape index (κ1) is 25.2. The van der Waals surface area contributed by atoms with Gasteiger partial charge in [-0.1, -0.05) is 77.8 Å². The van der Waals surface area contributed by atoms with Crippen LogP contribution in [-0.2, 0) is 19.6 Å². The van der Waals surface area contributed by atoms with Gasteiger partial charge in [-0.3, -0.25) is 0 Å². The van der Waals surface area contributed by atoms with Crippen LogP contribution in [0.1, 0.15) is 47.7 Å². The van der Waals surface area contributed by atoms with E-state index in [-0.39, 0.29) is 17.9 Å². The molecule has 7 heteroatoms. The zero-order valence-electron chi connectivity index (χ0n) is 19.9. The molecular formula is C28H28ClNO4S. The van der Waals surface area contributed by atoms with Gasteiger partial charge < -0.3 is 4.74 Å². The normalized spacial score (nSPS) is 18.7. The van der Waals surface area contributed by atoms with Gasteiger partial charge >= 0.3 is 5.97 Å². The molecule has 3 aromatic carbocycles. The summed E-state index contributed by atoms with van der Waals surface area (Å²) in [6, 6.07) is 20.0. The van der Waals surface area contributed by atoms with Gasteiger partial charge in [0, 0.05) is 5.02 Å². The smallest absolute Gasteiger partial charge is 0.335 e. The maximum absolute atomic E-state index is 14.3. The molecule has 4 rings (SSSR count). The highest BCUT2D eigenvalue weighted by molar-refractivity contribution is 7.89. The van der Waals surface area contributed by atoms with Gasteiger partial charge in [0.25, 0.3) is 0 Å². The van der Waals surface area contributed by atoms with Crippen molar-refractivity contribution in [1.82, 2.24) is 4.31 Å². The molecule has 182 valence electrons. The molecule has 0 saturated carbocycles. The van der Waals surface area contributed by atoms with Gasteiger partial charge in [-0.2, -0.15) is 4.31 Å². The van der Waals surface area contributed by atoms with Gasteiger partial charge in [-0.05, 0) is 62.1 Å². The summed E-state index contributed by atoms with van der Waals surface area (Å²) in [7, 11) is -4.06. The highest BCUT2D eigenvalue weighted by atomic mass is 35.5. The van der Waals surface area contributed by atoms with Gasteiger partial charge in [-0.15, -0.1) is 0 Å². The molecule has 0 N–H and O–H groups in total. The van der Waals surface area contributed by atoms with Crippen molar-refractivity contribution in [2.24, 2.45) is 0 Å². The second-order valence-electron chi connectivity index (χ2n) is 8.56. The van der Waals surface area contributed by atoms with Crippen LogP contribution in [0.2, 0.25) is 5.02 Å². The summed E-state index contributed by atoms with van der Waals surface area (Å²) in [5.74, 6) is -0.525. The van der Waals surface area contributed by atoms with Crippen molar-refractivity contribution in [2.45, 2.75) is 44.2 Å². The zero-order chi connectivity index (χ0) is 25.2. The van der Waals surface area contributed by atoms with Crippen molar-refractivity contribution in [1.29, 1.82) is 0 Å². The molecule has 0 bridgehead atoms. The Kier molecular flexibility index (Phi) is 7.45. The number of benzene rings is 3. The van der Waals surface area contributed by atoms with Gasteiger partial charge in [-0.25, -0.2) is 13.2 Å². The van der Waals surface area contributed by atoms with Gasteiger partial charge in [0.1, 0.15) is 0 Å². The van der Waals surface area contributed by atoms with Crippen LogP contribution in [0.15, 0.2) is 89.3 Å². The van der Waals surface area contributed by atoms with E-state index in [4.69, 9.17) is 16.3 Å². The van der Waals surface area contributed by atoms with Crippen LogP contribution in [0.5, 0.6) is 0 Å². The molecule has 0 amide bonds. The summed E-state index contributed by atoms with van der Waals surface area (Å²) >= 11 is 6.58. The fraction of sp³-hybridized carbons (Fsp3) is 0.250. The Labute approximate surface area is 212 Å². The minimum atomic E-state index is -4.06. The lowest BCUT2D eigenvalue weighted by molar-refractivity contribution is -0.139. The van der Waals surface area contributed by atoms with E-state index in [0.29, 0.717) is 16.2 Å².